The van der Waals surface area contributed by atoms with E-state index in [0.717, 1.165) is 29.4 Å². The summed E-state index contributed by atoms with van der Waals surface area (Å²) in [5.74, 6) is -0.606. The third-order valence-corrected chi connectivity index (χ3v) is 5.69. The molecular weight excluding hydrogens is 433 g/mol. The van der Waals surface area contributed by atoms with Gasteiger partial charge in [0.05, 0.1) is 28.9 Å². The third kappa shape index (κ3) is 6.15. The largest absolute Gasteiger partial charge is 0.416 e. The summed E-state index contributed by atoms with van der Waals surface area (Å²) in [6.07, 6.45) is -0.719. The van der Waals surface area contributed by atoms with E-state index in [1.54, 1.807) is 10.9 Å². The average Bonchev–Trinajstić information content (AvgIpc) is 3.21. The number of amides is 1. The highest BCUT2D eigenvalue weighted by Gasteiger charge is 2.31. The molecule has 0 unspecified atom stereocenters. The van der Waals surface area contributed by atoms with Crippen LogP contribution in [0.2, 0.25) is 0 Å². The molecule has 1 aromatic heterocycles. The number of halogens is 3. The van der Waals surface area contributed by atoms with E-state index in [9.17, 15) is 26.4 Å². The Bertz CT molecular complexity index is 1150. The summed E-state index contributed by atoms with van der Waals surface area (Å²) in [5, 5.41) is 6.80. The highest BCUT2D eigenvalue weighted by Crippen LogP contribution is 2.30. The van der Waals surface area contributed by atoms with Gasteiger partial charge < -0.3 is 5.32 Å². The minimum absolute atomic E-state index is 0.241. The van der Waals surface area contributed by atoms with Crippen molar-refractivity contribution >= 4 is 15.9 Å². The number of nitrogens with zero attached hydrogens (tertiary/aromatic N) is 2. The SMILES string of the molecule is O=C(CNS(=O)(=O)c1cccc(C(F)(F)F)c1)NCCc1cnn(-c2ccccc2)c1. The molecule has 3 rings (SSSR count). The van der Waals surface area contributed by atoms with Gasteiger partial charge in [0.25, 0.3) is 0 Å². The van der Waals surface area contributed by atoms with Crippen LogP contribution < -0.4 is 10.0 Å². The first-order valence-corrected chi connectivity index (χ1v) is 10.7. The van der Waals surface area contributed by atoms with Gasteiger partial charge in [0, 0.05) is 12.7 Å². The summed E-state index contributed by atoms with van der Waals surface area (Å²) in [7, 11) is -4.27. The standard InChI is InChI=1S/C20H19F3N4O3S/c21-20(22,23)16-5-4-8-18(11-16)31(29,30)26-13-19(28)24-10-9-15-12-25-27(14-15)17-6-2-1-3-7-17/h1-8,11-12,14,26H,9-10,13H2,(H,24,28). The average molecular weight is 452 g/mol. The Labute approximate surface area is 176 Å². The maximum atomic E-state index is 12.8. The summed E-state index contributed by atoms with van der Waals surface area (Å²) in [6.45, 7) is -0.355. The number of para-hydroxylation sites is 1. The van der Waals surface area contributed by atoms with Gasteiger partial charge in [0.1, 0.15) is 0 Å². The number of nitrogens with one attached hydrogen (secondary N) is 2. The first kappa shape index (κ1) is 22.5. The molecule has 31 heavy (non-hydrogen) atoms. The van der Waals surface area contributed by atoms with Crippen molar-refractivity contribution < 1.29 is 26.4 Å². The van der Waals surface area contributed by atoms with Crippen LogP contribution in [-0.2, 0) is 27.4 Å². The van der Waals surface area contributed by atoms with Crippen LogP contribution in [-0.4, -0.2) is 37.2 Å². The van der Waals surface area contributed by atoms with E-state index in [1.165, 1.54) is 0 Å². The predicted molar refractivity (Wildman–Crippen MR) is 107 cm³/mol. The molecule has 0 radical (unpaired) electrons. The highest BCUT2D eigenvalue weighted by molar-refractivity contribution is 7.89. The molecule has 0 aliphatic rings. The molecule has 0 bridgehead atoms. The predicted octanol–water partition coefficient (Wildman–Crippen LogP) is 2.53. The maximum Gasteiger partial charge on any atom is 0.416 e. The summed E-state index contributed by atoms with van der Waals surface area (Å²) < 4.78 is 66.3. The smallest absolute Gasteiger partial charge is 0.355 e. The molecule has 0 atom stereocenters. The van der Waals surface area contributed by atoms with Gasteiger partial charge in [0.15, 0.2) is 0 Å². The minimum Gasteiger partial charge on any atom is -0.355 e. The van der Waals surface area contributed by atoms with Gasteiger partial charge in [-0.3, -0.25) is 4.79 Å². The quantitative estimate of drug-likeness (QED) is 0.549. The third-order valence-electron chi connectivity index (χ3n) is 4.29. The van der Waals surface area contributed by atoms with Gasteiger partial charge in [0.2, 0.25) is 15.9 Å². The number of hydrogen-bond donors (Lipinski definition) is 2. The first-order chi connectivity index (χ1) is 14.6. The van der Waals surface area contributed by atoms with Crippen molar-refractivity contribution in [3.8, 4) is 5.69 Å². The molecular formula is C20H19F3N4O3S. The van der Waals surface area contributed by atoms with Crippen molar-refractivity contribution in [2.45, 2.75) is 17.5 Å². The van der Waals surface area contributed by atoms with Crippen molar-refractivity contribution in [2.75, 3.05) is 13.1 Å². The summed E-state index contributed by atoms with van der Waals surface area (Å²) >= 11 is 0. The van der Waals surface area contributed by atoms with E-state index in [4.69, 9.17) is 0 Å². The van der Waals surface area contributed by atoms with E-state index in [-0.39, 0.29) is 6.54 Å². The van der Waals surface area contributed by atoms with Gasteiger partial charge in [-0.25, -0.2) is 17.8 Å². The number of alkyl halides is 3. The Hall–Kier alpha value is -3.18. The molecule has 2 aromatic carbocycles. The number of benzene rings is 2. The van der Waals surface area contributed by atoms with Gasteiger partial charge in [-0.05, 0) is 42.3 Å². The molecule has 0 aliphatic carbocycles. The first-order valence-electron chi connectivity index (χ1n) is 9.18. The lowest BCUT2D eigenvalue weighted by atomic mass is 10.2. The molecule has 0 saturated heterocycles. The Morgan fingerprint density at radius 3 is 2.52 bits per heavy atom. The molecule has 11 heteroatoms. The molecule has 164 valence electrons. The van der Waals surface area contributed by atoms with Gasteiger partial charge in [-0.1, -0.05) is 24.3 Å². The van der Waals surface area contributed by atoms with Crippen LogP contribution in [0.1, 0.15) is 11.1 Å². The highest BCUT2D eigenvalue weighted by atomic mass is 32.2. The van der Waals surface area contributed by atoms with Crippen molar-refractivity contribution in [3.63, 3.8) is 0 Å². The molecule has 1 amide bonds. The van der Waals surface area contributed by atoms with Crippen LogP contribution in [0.5, 0.6) is 0 Å². The lowest BCUT2D eigenvalue weighted by molar-refractivity contribution is -0.137. The number of carbonyl (C=O) groups is 1. The second-order valence-corrected chi connectivity index (χ2v) is 8.35. The Morgan fingerprint density at radius 2 is 1.81 bits per heavy atom. The fraction of sp³-hybridized carbons (Fsp3) is 0.200. The van der Waals surface area contributed by atoms with Gasteiger partial charge in [-0.2, -0.15) is 18.3 Å². The van der Waals surface area contributed by atoms with Crippen LogP contribution >= 0.6 is 0 Å². The second kappa shape index (κ2) is 9.31. The van der Waals surface area contributed by atoms with E-state index in [0.29, 0.717) is 12.5 Å². The molecule has 3 aromatic rings. The number of aromatic nitrogens is 2. The normalized spacial score (nSPS) is 12.0. The zero-order chi connectivity index (χ0) is 22.5. The molecule has 7 nitrogen and oxygen atoms in total. The van der Waals surface area contributed by atoms with Crippen LogP contribution in [0.4, 0.5) is 13.2 Å². The fourth-order valence-electron chi connectivity index (χ4n) is 2.70. The number of hydrogen-bond acceptors (Lipinski definition) is 4. The molecule has 0 aliphatic heterocycles. The van der Waals surface area contributed by atoms with E-state index >= 15 is 0 Å². The van der Waals surface area contributed by atoms with Crippen molar-refractivity contribution in [1.82, 2.24) is 19.8 Å². The molecule has 0 spiro atoms. The van der Waals surface area contributed by atoms with E-state index < -0.39 is 39.1 Å². The van der Waals surface area contributed by atoms with Crippen molar-refractivity contribution in [2.24, 2.45) is 0 Å². The molecule has 0 fully saturated rings. The Balaban J connectivity index is 1.49. The summed E-state index contributed by atoms with van der Waals surface area (Å²) in [4.78, 5) is 11.4. The monoisotopic (exact) mass is 452 g/mol. The van der Waals surface area contributed by atoms with E-state index in [2.05, 4.69) is 10.4 Å². The number of rotatable bonds is 8. The Kier molecular flexibility index (Phi) is 6.76. The van der Waals surface area contributed by atoms with E-state index in [1.807, 2.05) is 41.3 Å². The van der Waals surface area contributed by atoms with Crippen LogP contribution in [0, 0.1) is 0 Å². The summed E-state index contributed by atoms with van der Waals surface area (Å²) in [6, 6.07) is 12.8. The van der Waals surface area contributed by atoms with Gasteiger partial charge in [-0.15, -0.1) is 0 Å². The van der Waals surface area contributed by atoms with Crippen LogP contribution in [0.15, 0.2) is 71.9 Å². The second-order valence-electron chi connectivity index (χ2n) is 6.58. The Morgan fingerprint density at radius 1 is 1.06 bits per heavy atom. The fourth-order valence-corrected chi connectivity index (χ4v) is 3.73. The zero-order valence-corrected chi connectivity index (χ0v) is 16.9. The van der Waals surface area contributed by atoms with Crippen LogP contribution in [0.25, 0.3) is 5.69 Å². The lowest BCUT2D eigenvalue weighted by Crippen LogP contribution is -2.37. The van der Waals surface area contributed by atoms with Crippen molar-refractivity contribution in [1.29, 1.82) is 0 Å². The zero-order valence-electron chi connectivity index (χ0n) is 16.1. The lowest BCUT2D eigenvalue weighted by Gasteiger charge is -2.10. The minimum atomic E-state index is -4.67. The number of carbonyl (C=O) groups excluding carboxylic acids is 1. The number of sulfonamides is 1. The topological polar surface area (TPSA) is 93.1 Å². The summed E-state index contributed by atoms with van der Waals surface area (Å²) in [5.41, 5.74) is 0.673. The molecule has 1 heterocycles. The van der Waals surface area contributed by atoms with Crippen molar-refractivity contribution in [3.05, 3.63) is 78.1 Å². The maximum absolute atomic E-state index is 12.8. The molecule has 0 saturated carbocycles. The van der Waals surface area contributed by atoms with Gasteiger partial charge >= 0.3 is 6.18 Å². The molecule has 2 N–H and O–H groups in total. The van der Waals surface area contributed by atoms with Crippen LogP contribution in [0.3, 0.4) is 0 Å².